The van der Waals surface area contributed by atoms with Crippen molar-refractivity contribution in [3.63, 3.8) is 0 Å². The number of nitrogens with zero attached hydrogens (tertiary/aromatic N) is 4. The second-order valence-electron chi connectivity index (χ2n) is 10.6. The lowest BCUT2D eigenvalue weighted by Crippen LogP contribution is -1.97. The van der Waals surface area contributed by atoms with E-state index in [-0.39, 0.29) is 0 Å². The zero-order valence-corrected chi connectivity index (χ0v) is 23.6. The molecule has 0 saturated heterocycles. The quantitative estimate of drug-likeness (QED) is 0.200. The van der Waals surface area contributed by atoms with E-state index in [9.17, 15) is 10.5 Å². The summed E-state index contributed by atoms with van der Waals surface area (Å²) in [4.78, 5) is 0. The molecule has 0 aliphatic rings. The second-order valence-corrected chi connectivity index (χ2v) is 10.6. The predicted octanol–water partition coefficient (Wildman–Crippen LogP) is 9.65. The highest BCUT2D eigenvalue weighted by Crippen LogP contribution is 2.37. The minimum Gasteiger partial charge on any atom is -0.310 e. The summed E-state index contributed by atoms with van der Waals surface area (Å²) in [6.07, 6.45) is 5.80. The van der Waals surface area contributed by atoms with Crippen LogP contribution in [0.15, 0.2) is 128 Å². The molecule has 202 valence electrons. The molecule has 2 aromatic heterocycles. The van der Waals surface area contributed by atoms with Crippen LogP contribution in [0.4, 0.5) is 0 Å². The summed E-state index contributed by atoms with van der Waals surface area (Å²) in [6, 6.07) is 41.6. The molecule has 4 heteroatoms. The fourth-order valence-electron chi connectivity index (χ4n) is 6.14. The highest BCUT2D eigenvalue weighted by molar-refractivity contribution is 6.10. The van der Waals surface area contributed by atoms with Gasteiger partial charge >= 0.3 is 0 Å². The third-order valence-electron chi connectivity index (χ3n) is 8.13. The third-order valence-corrected chi connectivity index (χ3v) is 8.13. The van der Waals surface area contributed by atoms with E-state index < -0.39 is 0 Å². The van der Waals surface area contributed by atoms with Gasteiger partial charge in [0.05, 0.1) is 39.8 Å². The van der Waals surface area contributed by atoms with Crippen LogP contribution in [0.3, 0.4) is 0 Å². The van der Waals surface area contributed by atoms with Crippen LogP contribution in [0, 0.1) is 29.6 Å². The summed E-state index contributed by atoms with van der Waals surface area (Å²) >= 11 is 0. The molecule has 0 fully saturated rings. The molecule has 0 bridgehead atoms. The standard InChI is InChI=1S/C39H26N4/c1-3-4-14-36-26(2)34-22-29(16-18-38(34)42(36)31-11-7-9-27(20-31)24-40)30-17-19-39-35(23-30)33-13-5-6-15-37(33)43(39)32-12-8-10-28(21-32)25-41/h3-23H,1H2,2H3/b14-4-. The third kappa shape index (κ3) is 4.22. The number of nitriles is 2. The van der Waals surface area contributed by atoms with E-state index >= 15 is 0 Å². The van der Waals surface area contributed by atoms with Crippen LogP contribution in [-0.4, -0.2) is 9.13 Å². The van der Waals surface area contributed by atoms with Crippen molar-refractivity contribution in [3.8, 4) is 34.6 Å². The molecular formula is C39H26N4. The fraction of sp³-hybridized carbons (Fsp3) is 0.0256. The Morgan fingerprint density at radius 3 is 1.84 bits per heavy atom. The second kappa shape index (κ2) is 10.4. The Kier molecular flexibility index (Phi) is 6.24. The van der Waals surface area contributed by atoms with E-state index in [1.165, 1.54) is 5.39 Å². The number of hydrogen-bond donors (Lipinski definition) is 0. The van der Waals surface area contributed by atoms with Crippen LogP contribution in [0.25, 0.3) is 61.3 Å². The summed E-state index contributed by atoms with van der Waals surface area (Å²) in [5, 5.41) is 22.5. The first-order chi connectivity index (χ1) is 21.1. The smallest absolute Gasteiger partial charge is 0.0992 e. The van der Waals surface area contributed by atoms with E-state index in [0.717, 1.165) is 61.1 Å². The van der Waals surface area contributed by atoms with E-state index in [2.05, 4.69) is 102 Å². The lowest BCUT2D eigenvalue weighted by Gasteiger charge is -2.10. The van der Waals surface area contributed by atoms with Gasteiger partial charge in [-0.1, -0.05) is 61.2 Å². The van der Waals surface area contributed by atoms with Crippen molar-refractivity contribution >= 4 is 38.8 Å². The summed E-state index contributed by atoms with van der Waals surface area (Å²) in [5.74, 6) is 0. The number of para-hydroxylation sites is 1. The molecule has 7 rings (SSSR count). The first-order valence-corrected chi connectivity index (χ1v) is 14.1. The highest BCUT2D eigenvalue weighted by Gasteiger charge is 2.17. The van der Waals surface area contributed by atoms with Gasteiger partial charge in [0.15, 0.2) is 0 Å². The topological polar surface area (TPSA) is 57.4 Å². The Labute approximate surface area is 249 Å². The van der Waals surface area contributed by atoms with Crippen LogP contribution >= 0.6 is 0 Å². The van der Waals surface area contributed by atoms with Gasteiger partial charge in [-0.2, -0.15) is 10.5 Å². The summed E-state index contributed by atoms with van der Waals surface area (Å²) in [5.41, 5.74) is 10.9. The van der Waals surface area contributed by atoms with E-state index in [1.54, 1.807) is 6.08 Å². The van der Waals surface area contributed by atoms with Gasteiger partial charge in [0.1, 0.15) is 0 Å². The Bertz CT molecular complexity index is 2350. The van der Waals surface area contributed by atoms with Gasteiger partial charge in [-0.05, 0) is 96.4 Å². The zero-order chi connectivity index (χ0) is 29.5. The van der Waals surface area contributed by atoms with Crippen LogP contribution in [0.1, 0.15) is 22.4 Å². The van der Waals surface area contributed by atoms with E-state index in [0.29, 0.717) is 11.1 Å². The number of allylic oxidation sites excluding steroid dienone is 2. The largest absolute Gasteiger partial charge is 0.310 e. The lowest BCUT2D eigenvalue weighted by atomic mass is 10.0. The van der Waals surface area contributed by atoms with Gasteiger partial charge in [-0.3, -0.25) is 0 Å². The maximum Gasteiger partial charge on any atom is 0.0992 e. The number of fused-ring (bicyclic) bond motifs is 4. The fourth-order valence-corrected chi connectivity index (χ4v) is 6.14. The first kappa shape index (κ1) is 25.8. The molecule has 4 nitrogen and oxygen atoms in total. The lowest BCUT2D eigenvalue weighted by molar-refractivity contribution is 1.09. The molecule has 0 spiro atoms. The Morgan fingerprint density at radius 2 is 1.19 bits per heavy atom. The van der Waals surface area contributed by atoms with Gasteiger partial charge in [0, 0.05) is 33.2 Å². The number of rotatable bonds is 5. The summed E-state index contributed by atoms with van der Waals surface area (Å²) in [6.45, 7) is 6.01. The highest BCUT2D eigenvalue weighted by atomic mass is 15.0. The van der Waals surface area contributed by atoms with Crippen molar-refractivity contribution in [2.45, 2.75) is 6.92 Å². The van der Waals surface area contributed by atoms with Crippen molar-refractivity contribution in [1.82, 2.24) is 9.13 Å². The molecule has 0 radical (unpaired) electrons. The molecule has 0 aliphatic heterocycles. The van der Waals surface area contributed by atoms with Crippen molar-refractivity contribution in [1.29, 1.82) is 10.5 Å². The van der Waals surface area contributed by atoms with Gasteiger partial charge in [-0.15, -0.1) is 0 Å². The van der Waals surface area contributed by atoms with Gasteiger partial charge in [0.25, 0.3) is 0 Å². The molecule has 0 unspecified atom stereocenters. The average Bonchev–Trinajstić information content (AvgIpc) is 3.54. The van der Waals surface area contributed by atoms with Crippen LogP contribution in [-0.2, 0) is 0 Å². The van der Waals surface area contributed by atoms with Crippen LogP contribution in [0.2, 0.25) is 0 Å². The molecule has 5 aromatic carbocycles. The van der Waals surface area contributed by atoms with Gasteiger partial charge in [-0.25, -0.2) is 0 Å². The Morgan fingerprint density at radius 1 is 0.605 bits per heavy atom. The Hall–Kier alpha value is -6.10. The maximum atomic E-state index is 9.53. The minimum absolute atomic E-state index is 0.624. The molecule has 0 saturated carbocycles. The molecule has 0 amide bonds. The van der Waals surface area contributed by atoms with Crippen molar-refractivity contribution in [2.24, 2.45) is 0 Å². The molecular weight excluding hydrogens is 524 g/mol. The average molecular weight is 551 g/mol. The van der Waals surface area contributed by atoms with Gasteiger partial charge in [0.2, 0.25) is 0 Å². The first-order valence-electron chi connectivity index (χ1n) is 14.1. The summed E-state index contributed by atoms with van der Waals surface area (Å²) < 4.78 is 4.44. The number of aryl methyl sites for hydroxylation is 1. The van der Waals surface area contributed by atoms with Crippen molar-refractivity contribution in [2.75, 3.05) is 0 Å². The normalized spacial score (nSPS) is 11.3. The molecule has 0 N–H and O–H groups in total. The van der Waals surface area contributed by atoms with Crippen molar-refractivity contribution < 1.29 is 0 Å². The van der Waals surface area contributed by atoms with Crippen LogP contribution in [0.5, 0.6) is 0 Å². The monoisotopic (exact) mass is 550 g/mol. The van der Waals surface area contributed by atoms with Crippen molar-refractivity contribution in [3.05, 3.63) is 150 Å². The van der Waals surface area contributed by atoms with E-state index in [4.69, 9.17) is 0 Å². The Balaban J connectivity index is 1.43. The van der Waals surface area contributed by atoms with Crippen LogP contribution < -0.4 is 0 Å². The molecule has 0 atom stereocenters. The molecule has 2 heterocycles. The SMILES string of the molecule is C=C/C=C\c1c(C)c2cc(-c3ccc4c(c3)c3ccccc3n4-c3cccc(C#N)c3)ccc2n1-c1cccc(C#N)c1. The minimum atomic E-state index is 0.624. The number of benzene rings is 5. The van der Waals surface area contributed by atoms with Gasteiger partial charge < -0.3 is 9.13 Å². The zero-order valence-electron chi connectivity index (χ0n) is 23.6. The molecule has 0 aliphatic carbocycles. The summed E-state index contributed by atoms with van der Waals surface area (Å²) in [7, 11) is 0. The maximum absolute atomic E-state index is 9.53. The van der Waals surface area contributed by atoms with E-state index in [1.807, 2.05) is 54.6 Å². The number of hydrogen-bond acceptors (Lipinski definition) is 2. The molecule has 43 heavy (non-hydrogen) atoms. The number of aromatic nitrogens is 2. The molecule has 7 aromatic rings. The predicted molar refractivity (Wildman–Crippen MR) is 176 cm³/mol.